The van der Waals surface area contributed by atoms with Crippen LogP contribution in [0.1, 0.15) is 70.4 Å². The van der Waals surface area contributed by atoms with Crippen LogP contribution in [0.2, 0.25) is 0 Å². The maximum Gasteiger partial charge on any atom is 0.305 e. The number of nitrogens with two attached hydrogens (primary N) is 1. The molecule has 1 aromatic rings. The summed E-state index contributed by atoms with van der Waals surface area (Å²) in [6, 6.07) is -0.757. The molecular weight excluding hydrogens is 457 g/mol. The lowest BCUT2D eigenvalue weighted by Gasteiger charge is -2.18. The third kappa shape index (κ3) is 15.9. The van der Waals surface area contributed by atoms with Crippen molar-refractivity contribution in [2.75, 3.05) is 19.7 Å². The molecule has 0 aliphatic heterocycles. The van der Waals surface area contributed by atoms with Gasteiger partial charge in [-0.05, 0) is 6.42 Å². The van der Waals surface area contributed by atoms with Crippen molar-refractivity contribution in [1.29, 1.82) is 0 Å². The van der Waals surface area contributed by atoms with Gasteiger partial charge in [-0.15, -0.1) is 24.8 Å². The van der Waals surface area contributed by atoms with Gasteiger partial charge in [0.2, 0.25) is 11.8 Å². The zero-order valence-electron chi connectivity index (χ0n) is 18.9. The van der Waals surface area contributed by atoms with E-state index in [0.717, 1.165) is 25.0 Å². The van der Waals surface area contributed by atoms with Gasteiger partial charge in [-0.2, -0.15) is 0 Å². The number of aromatic amines is 1. The second kappa shape index (κ2) is 21.0. The van der Waals surface area contributed by atoms with Crippen molar-refractivity contribution >= 4 is 42.6 Å². The number of hydrogen-bond acceptors (Lipinski definition) is 6. The fourth-order valence-corrected chi connectivity index (χ4v) is 2.98. The van der Waals surface area contributed by atoms with E-state index in [1.54, 1.807) is 6.20 Å². The van der Waals surface area contributed by atoms with Crippen molar-refractivity contribution in [2.24, 2.45) is 5.73 Å². The number of nitrogens with one attached hydrogen (secondary N) is 3. The Kier molecular flexibility index (Phi) is 21.3. The summed E-state index contributed by atoms with van der Waals surface area (Å²) in [6.45, 7) is 2.69. The molecule has 0 fully saturated rings. The predicted molar refractivity (Wildman–Crippen MR) is 129 cm³/mol. The molecule has 0 saturated carbocycles. The van der Waals surface area contributed by atoms with Crippen molar-refractivity contribution in [1.82, 2.24) is 20.6 Å². The topological polar surface area (TPSA) is 139 Å². The number of ether oxygens (including phenoxy) is 1. The van der Waals surface area contributed by atoms with Crippen LogP contribution in [-0.2, 0) is 25.5 Å². The molecular formula is C21H39Cl2N5O4. The number of carbonyl (C=O) groups excluding carboxylic acids is 3. The molecule has 0 aliphatic rings. The summed E-state index contributed by atoms with van der Waals surface area (Å²) in [5.41, 5.74) is 6.11. The summed E-state index contributed by atoms with van der Waals surface area (Å²) in [5, 5.41) is 5.37. The maximum atomic E-state index is 12.4. The summed E-state index contributed by atoms with van der Waals surface area (Å²) in [7, 11) is 0. The van der Waals surface area contributed by atoms with Gasteiger partial charge in [-0.3, -0.25) is 14.4 Å². The molecule has 2 amide bonds. The van der Waals surface area contributed by atoms with Crippen molar-refractivity contribution in [3.8, 4) is 0 Å². The Morgan fingerprint density at radius 2 is 1.78 bits per heavy atom. The zero-order chi connectivity index (χ0) is 22.0. The average Bonchev–Trinajstić information content (AvgIpc) is 3.23. The SMILES string of the molecule is CCCCCCCCCC(=O)OCCNC(=O)[C@H](Cc1cnc[nH]1)NC(=O)CCN.Cl.Cl. The fourth-order valence-electron chi connectivity index (χ4n) is 2.98. The normalized spacial score (nSPS) is 10.9. The number of rotatable bonds is 17. The van der Waals surface area contributed by atoms with Gasteiger partial charge in [-0.1, -0.05) is 45.4 Å². The third-order valence-electron chi connectivity index (χ3n) is 4.65. The molecule has 0 bridgehead atoms. The Balaban J connectivity index is 0. The van der Waals surface area contributed by atoms with Crippen molar-refractivity contribution < 1.29 is 19.1 Å². The van der Waals surface area contributed by atoms with Gasteiger partial charge in [0.15, 0.2) is 0 Å². The van der Waals surface area contributed by atoms with Gasteiger partial charge in [0.1, 0.15) is 12.6 Å². The van der Waals surface area contributed by atoms with E-state index in [9.17, 15) is 14.4 Å². The Morgan fingerprint density at radius 1 is 1.09 bits per heavy atom. The van der Waals surface area contributed by atoms with E-state index in [4.69, 9.17) is 10.5 Å². The first kappa shape index (κ1) is 32.3. The first-order chi connectivity index (χ1) is 14.6. The van der Waals surface area contributed by atoms with Crippen molar-refractivity contribution in [2.45, 2.75) is 77.2 Å². The number of hydrogen-bond donors (Lipinski definition) is 4. The molecule has 0 spiro atoms. The van der Waals surface area contributed by atoms with Crippen molar-refractivity contribution in [3.63, 3.8) is 0 Å². The molecule has 0 unspecified atom stereocenters. The minimum Gasteiger partial charge on any atom is -0.464 e. The number of amides is 2. The minimum atomic E-state index is -0.757. The summed E-state index contributed by atoms with van der Waals surface area (Å²) in [4.78, 5) is 42.9. The molecule has 0 aromatic carbocycles. The van der Waals surface area contributed by atoms with E-state index in [0.29, 0.717) is 6.42 Å². The highest BCUT2D eigenvalue weighted by Crippen LogP contribution is 2.08. The second-order valence-electron chi connectivity index (χ2n) is 7.32. The molecule has 0 aliphatic carbocycles. The molecule has 1 aromatic heterocycles. The molecule has 1 rings (SSSR count). The van der Waals surface area contributed by atoms with Crippen LogP contribution in [0.5, 0.6) is 0 Å². The Bertz CT molecular complexity index is 617. The van der Waals surface area contributed by atoms with Crippen LogP contribution in [0.3, 0.4) is 0 Å². The second-order valence-corrected chi connectivity index (χ2v) is 7.32. The maximum absolute atomic E-state index is 12.4. The Hall–Kier alpha value is -1.84. The van der Waals surface area contributed by atoms with E-state index in [1.807, 2.05) is 0 Å². The van der Waals surface area contributed by atoms with Gasteiger partial charge in [0, 0.05) is 37.7 Å². The Labute approximate surface area is 203 Å². The van der Waals surface area contributed by atoms with Crippen LogP contribution in [0.25, 0.3) is 0 Å². The monoisotopic (exact) mass is 495 g/mol. The number of halogens is 2. The van der Waals surface area contributed by atoms with E-state index >= 15 is 0 Å². The van der Waals surface area contributed by atoms with Crippen molar-refractivity contribution in [3.05, 3.63) is 18.2 Å². The third-order valence-corrected chi connectivity index (χ3v) is 4.65. The first-order valence-corrected chi connectivity index (χ1v) is 11.0. The lowest BCUT2D eigenvalue weighted by Crippen LogP contribution is -2.49. The number of esters is 1. The van der Waals surface area contributed by atoms with E-state index < -0.39 is 6.04 Å². The largest absolute Gasteiger partial charge is 0.464 e. The highest BCUT2D eigenvalue weighted by atomic mass is 35.5. The number of carbonyl (C=O) groups is 3. The van der Waals surface area contributed by atoms with Crippen LogP contribution < -0.4 is 16.4 Å². The van der Waals surface area contributed by atoms with E-state index in [2.05, 4.69) is 27.5 Å². The van der Waals surface area contributed by atoms with Crippen LogP contribution in [0, 0.1) is 0 Å². The smallest absolute Gasteiger partial charge is 0.305 e. The molecule has 0 radical (unpaired) electrons. The molecule has 9 nitrogen and oxygen atoms in total. The van der Waals surface area contributed by atoms with E-state index in [-0.39, 0.29) is 75.1 Å². The lowest BCUT2D eigenvalue weighted by molar-refractivity contribution is -0.144. The zero-order valence-corrected chi connectivity index (χ0v) is 20.5. The van der Waals surface area contributed by atoms with Crippen LogP contribution in [-0.4, -0.2) is 53.5 Å². The summed E-state index contributed by atoms with van der Waals surface area (Å²) in [5.74, 6) is -0.889. The fraction of sp³-hybridized carbons (Fsp3) is 0.714. The number of nitrogens with zero attached hydrogens (tertiary/aromatic N) is 1. The van der Waals surface area contributed by atoms with Gasteiger partial charge >= 0.3 is 5.97 Å². The molecule has 1 atom stereocenters. The van der Waals surface area contributed by atoms with Crippen LogP contribution in [0.15, 0.2) is 12.5 Å². The lowest BCUT2D eigenvalue weighted by atomic mass is 10.1. The molecule has 0 saturated heterocycles. The van der Waals surface area contributed by atoms with Gasteiger partial charge in [0.25, 0.3) is 0 Å². The molecule has 32 heavy (non-hydrogen) atoms. The van der Waals surface area contributed by atoms with Crippen LogP contribution in [0.4, 0.5) is 0 Å². The molecule has 186 valence electrons. The quantitative estimate of drug-likeness (QED) is 0.193. The van der Waals surface area contributed by atoms with Crippen LogP contribution >= 0.6 is 24.8 Å². The van der Waals surface area contributed by atoms with E-state index in [1.165, 1.54) is 32.0 Å². The summed E-state index contributed by atoms with van der Waals surface area (Å²) >= 11 is 0. The minimum absolute atomic E-state index is 0. The number of aromatic nitrogens is 2. The highest BCUT2D eigenvalue weighted by molar-refractivity contribution is 5.87. The number of unbranched alkanes of at least 4 members (excludes halogenated alkanes) is 6. The first-order valence-electron chi connectivity index (χ1n) is 11.0. The number of imidazole rings is 1. The van der Waals surface area contributed by atoms with Gasteiger partial charge in [-0.25, -0.2) is 4.98 Å². The highest BCUT2D eigenvalue weighted by Gasteiger charge is 2.21. The molecule has 11 heteroatoms. The molecule has 1 heterocycles. The number of H-pyrrole nitrogens is 1. The standard InChI is InChI=1S/C21H37N5O4.2ClH/c1-2-3-4-5-6-7-8-9-20(28)30-13-12-24-21(29)18(26-19(27)10-11-22)14-17-15-23-16-25-17;;/h15-16,18H,2-14,22H2,1H3,(H,23,25)(H,24,29)(H,26,27);2*1H/t18-;;/m0../s1. The summed E-state index contributed by atoms with van der Waals surface area (Å²) < 4.78 is 5.17. The Morgan fingerprint density at radius 3 is 2.41 bits per heavy atom. The summed E-state index contributed by atoms with van der Waals surface area (Å²) in [6.07, 6.45) is 11.9. The average molecular weight is 496 g/mol. The molecule has 5 N–H and O–H groups in total. The van der Waals surface area contributed by atoms with Gasteiger partial charge < -0.3 is 26.1 Å². The predicted octanol–water partition coefficient (Wildman–Crippen LogP) is 2.43. The van der Waals surface area contributed by atoms with Gasteiger partial charge in [0.05, 0.1) is 12.9 Å².